The van der Waals surface area contributed by atoms with Crippen molar-refractivity contribution in [1.29, 1.82) is 0 Å². The number of aromatic nitrogens is 1. The fourth-order valence-electron chi connectivity index (χ4n) is 3.91. The fourth-order valence-corrected chi connectivity index (χ4v) is 3.91. The summed E-state index contributed by atoms with van der Waals surface area (Å²) in [5, 5.41) is 4.02. The van der Waals surface area contributed by atoms with Gasteiger partial charge < -0.3 is 24.1 Å². The predicted molar refractivity (Wildman–Crippen MR) is 152 cm³/mol. The first-order valence-corrected chi connectivity index (χ1v) is 13.4. The number of hydrogen-bond donors (Lipinski definition) is 1. The summed E-state index contributed by atoms with van der Waals surface area (Å²) in [6.07, 6.45) is 4.72. The molecule has 2 aromatic rings. The highest BCUT2D eigenvalue weighted by molar-refractivity contribution is 5.92. The first-order valence-electron chi connectivity index (χ1n) is 13.4. The Morgan fingerprint density at radius 3 is 2.37 bits per heavy atom. The monoisotopic (exact) mass is 528 g/mol. The van der Waals surface area contributed by atoms with E-state index in [0.29, 0.717) is 42.7 Å². The Labute approximate surface area is 226 Å². The minimum Gasteiger partial charge on any atom is -0.491 e. The molecular formula is C30H44N2O6. The predicted octanol–water partition coefficient (Wildman–Crippen LogP) is 5.87. The number of esters is 1. The second-order valence-corrected chi connectivity index (χ2v) is 11.5. The maximum Gasteiger partial charge on any atom is 0.407 e. The number of carbonyl (C=O) groups is 2. The van der Waals surface area contributed by atoms with E-state index in [4.69, 9.17) is 14.2 Å². The lowest BCUT2D eigenvalue weighted by atomic mass is 9.95. The van der Waals surface area contributed by atoms with Crippen molar-refractivity contribution in [2.45, 2.75) is 86.8 Å². The van der Waals surface area contributed by atoms with Crippen LogP contribution >= 0.6 is 0 Å². The minimum absolute atomic E-state index is 0.119. The molecule has 38 heavy (non-hydrogen) atoms. The number of nitrogens with zero attached hydrogens (tertiary/aromatic N) is 1. The first kappa shape index (κ1) is 30.9. The highest BCUT2D eigenvalue weighted by atomic mass is 16.6. The quantitative estimate of drug-likeness (QED) is 0.223. The summed E-state index contributed by atoms with van der Waals surface area (Å²) in [6.45, 7) is 17.1. The number of hydrogen-bond acceptors (Lipinski definition) is 6. The zero-order valence-electron chi connectivity index (χ0n) is 24.2. The fraction of sp³-hybridized carbons (Fsp3) is 0.567. The van der Waals surface area contributed by atoms with E-state index in [1.165, 1.54) is 6.08 Å². The van der Waals surface area contributed by atoms with Crippen molar-refractivity contribution >= 4 is 28.9 Å². The molecule has 0 saturated heterocycles. The summed E-state index contributed by atoms with van der Waals surface area (Å²) >= 11 is 0. The minimum atomic E-state index is -0.608. The molecule has 0 unspecified atom stereocenters. The molecular weight excluding hydrogens is 484 g/mol. The SMILES string of the molecule is CCCCOc1c(CCNC(=O)OC(C)(C)C)n(CC(C)(C)C)c(=O)c2ccc(/C=C/C(=O)OCC)cc12. The number of ether oxygens (including phenoxy) is 3. The Morgan fingerprint density at radius 1 is 1.05 bits per heavy atom. The normalized spacial score (nSPS) is 12.1. The lowest BCUT2D eigenvalue weighted by molar-refractivity contribution is -0.137. The zero-order valence-corrected chi connectivity index (χ0v) is 24.2. The average molecular weight is 529 g/mol. The van der Waals surface area contributed by atoms with E-state index in [-0.39, 0.29) is 17.5 Å². The van der Waals surface area contributed by atoms with Crippen LogP contribution in [0.25, 0.3) is 16.8 Å². The molecule has 0 bridgehead atoms. The molecule has 0 atom stereocenters. The van der Waals surface area contributed by atoms with Gasteiger partial charge in [-0.05, 0) is 63.3 Å². The number of carbonyl (C=O) groups excluding carboxylic acids is 2. The maximum absolute atomic E-state index is 13.8. The molecule has 0 spiro atoms. The standard InChI is InChI=1S/C30H44N2O6/c1-9-11-18-37-26-23-19-21(13-15-25(33)36-10-2)12-14-22(23)27(34)32(20-29(3,4)5)24(26)16-17-31-28(35)38-30(6,7)8/h12-15,19H,9-11,16-18,20H2,1-8H3,(H,31,35)/b15-13+. The van der Waals surface area contributed by atoms with Gasteiger partial charge in [0.1, 0.15) is 11.4 Å². The van der Waals surface area contributed by atoms with Gasteiger partial charge in [0, 0.05) is 31.0 Å². The van der Waals surface area contributed by atoms with Crippen LogP contribution < -0.4 is 15.6 Å². The van der Waals surface area contributed by atoms with Gasteiger partial charge in [0.25, 0.3) is 5.56 Å². The summed E-state index contributed by atoms with van der Waals surface area (Å²) in [4.78, 5) is 37.9. The molecule has 1 aromatic heterocycles. The van der Waals surface area contributed by atoms with Crippen molar-refractivity contribution in [3.63, 3.8) is 0 Å². The Morgan fingerprint density at radius 2 is 1.76 bits per heavy atom. The van der Waals surface area contributed by atoms with Gasteiger partial charge in [-0.3, -0.25) is 4.79 Å². The number of nitrogens with one attached hydrogen (secondary N) is 1. The van der Waals surface area contributed by atoms with Crippen LogP contribution in [0.3, 0.4) is 0 Å². The summed E-state index contributed by atoms with van der Waals surface area (Å²) in [6, 6.07) is 5.44. The third-order valence-electron chi connectivity index (χ3n) is 5.46. The summed E-state index contributed by atoms with van der Waals surface area (Å²) < 4.78 is 18.5. The van der Waals surface area contributed by atoms with Gasteiger partial charge in [-0.15, -0.1) is 0 Å². The third kappa shape index (κ3) is 9.54. The van der Waals surface area contributed by atoms with Gasteiger partial charge in [0.15, 0.2) is 0 Å². The molecule has 0 saturated carbocycles. The van der Waals surface area contributed by atoms with Crippen molar-refractivity contribution in [1.82, 2.24) is 9.88 Å². The van der Waals surface area contributed by atoms with E-state index in [2.05, 4.69) is 33.0 Å². The van der Waals surface area contributed by atoms with Crippen LogP contribution in [0.15, 0.2) is 29.1 Å². The van der Waals surface area contributed by atoms with Crippen LogP contribution in [0.2, 0.25) is 0 Å². The van der Waals surface area contributed by atoms with Crippen molar-refractivity contribution in [2.75, 3.05) is 19.8 Å². The van der Waals surface area contributed by atoms with E-state index in [9.17, 15) is 14.4 Å². The van der Waals surface area contributed by atoms with Crippen molar-refractivity contribution in [2.24, 2.45) is 5.41 Å². The van der Waals surface area contributed by atoms with Crippen LogP contribution in [0.5, 0.6) is 5.75 Å². The molecule has 8 heteroatoms. The molecule has 1 heterocycles. The molecule has 1 aromatic carbocycles. The van der Waals surface area contributed by atoms with Crippen molar-refractivity contribution in [3.8, 4) is 5.75 Å². The van der Waals surface area contributed by atoms with E-state index >= 15 is 0 Å². The Balaban J connectivity index is 2.63. The number of amides is 1. The van der Waals surface area contributed by atoms with Crippen molar-refractivity contribution in [3.05, 3.63) is 45.9 Å². The van der Waals surface area contributed by atoms with Gasteiger partial charge in [0.2, 0.25) is 0 Å². The number of benzene rings is 1. The molecule has 210 valence electrons. The third-order valence-corrected chi connectivity index (χ3v) is 5.46. The number of rotatable bonds is 11. The average Bonchev–Trinajstić information content (AvgIpc) is 2.80. The zero-order chi connectivity index (χ0) is 28.5. The Bertz CT molecular complexity index is 1200. The van der Waals surface area contributed by atoms with Gasteiger partial charge in [0.05, 0.1) is 24.3 Å². The maximum atomic E-state index is 13.8. The molecule has 0 aliphatic heterocycles. The van der Waals surface area contributed by atoms with Gasteiger partial charge >= 0.3 is 12.1 Å². The highest BCUT2D eigenvalue weighted by Gasteiger charge is 2.23. The van der Waals surface area contributed by atoms with Crippen LogP contribution in [0.1, 0.15) is 79.5 Å². The van der Waals surface area contributed by atoms with Crippen molar-refractivity contribution < 1.29 is 23.8 Å². The molecule has 2 rings (SSSR count). The van der Waals surface area contributed by atoms with Crippen LogP contribution in [-0.4, -0.2) is 42.0 Å². The Hall–Kier alpha value is -3.29. The van der Waals surface area contributed by atoms with E-state index in [1.807, 2.05) is 26.8 Å². The van der Waals surface area contributed by atoms with Crippen LogP contribution in [-0.2, 0) is 27.2 Å². The summed E-state index contributed by atoms with van der Waals surface area (Å²) in [7, 11) is 0. The Kier molecular flexibility index (Phi) is 11.0. The smallest absolute Gasteiger partial charge is 0.407 e. The highest BCUT2D eigenvalue weighted by Crippen LogP contribution is 2.31. The second kappa shape index (κ2) is 13.5. The van der Waals surface area contributed by atoms with Gasteiger partial charge in [-0.25, -0.2) is 9.59 Å². The number of unbranched alkanes of at least 4 members (excludes halogenated alkanes) is 1. The molecule has 0 radical (unpaired) electrons. The van der Waals surface area contributed by atoms with E-state index in [1.54, 1.807) is 29.7 Å². The van der Waals surface area contributed by atoms with E-state index in [0.717, 1.165) is 24.1 Å². The molecule has 1 amide bonds. The molecule has 1 N–H and O–H groups in total. The number of alkyl carbamates (subject to hydrolysis) is 1. The van der Waals surface area contributed by atoms with Gasteiger partial charge in [-0.1, -0.05) is 40.2 Å². The molecule has 0 fully saturated rings. The first-order chi connectivity index (χ1) is 17.8. The number of fused-ring (bicyclic) bond motifs is 1. The molecule has 8 nitrogen and oxygen atoms in total. The van der Waals surface area contributed by atoms with Crippen LogP contribution in [0, 0.1) is 5.41 Å². The molecule has 0 aliphatic carbocycles. The summed E-state index contributed by atoms with van der Waals surface area (Å²) in [5.74, 6) is 0.191. The van der Waals surface area contributed by atoms with E-state index < -0.39 is 17.7 Å². The largest absolute Gasteiger partial charge is 0.491 e. The lowest BCUT2D eigenvalue weighted by Crippen LogP contribution is -2.35. The molecule has 0 aliphatic rings. The topological polar surface area (TPSA) is 95.9 Å². The van der Waals surface area contributed by atoms with Gasteiger partial charge in [-0.2, -0.15) is 0 Å². The second-order valence-electron chi connectivity index (χ2n) is 11.5. The summed E-state index contributed by atoms with van der Waals surface area (Å²) in [5.41, 5.74) is 0.565. The lowest BCUT2D eigenvalue weighted by Gasteiger charge is -2.26. The number of pyridine rings is 1. The van der Waals surface area contributed by atoms with Crippen LogP contribution in [0.4, 0.5) is 4.79 Å².